The highest BCUT2D eigenvalue weighted by molar-refractivity contribution is 5.87. The summed E-state index contributed by atoms with van der Waals surface area (Å²) in [6, 6.07) is 12.9. The van der Waals surface area contributed by atoms with E-state index in [9.17, 15) is 4.79 Å². The maximum atomic E-state index is 11.0. The molecule has 2 aromatic rings. The van der Waals surface area contributed by atoms with Crippen LogP contribution in [-0.4, -0.2) is 22.6 Å². The zero-order chi connectivity index (χ0) is 14.5. The molecule has 104 valence electrons. The van der Waals surface area contributed by atoms with Gasteiger partial charge in [-0.25, -0.2) is 9.78 Å². The lowest BCUT2D eigenvalue weighted by Gasteiger charge is -2.23. The molecule has 0 aliphatic heterocycles. The third-order valence-corrected chi connectivity index (χ3v) is 3.02. The maximum absolute atomic E-state index is 11.0. The van der Waals surface area contributed by atoms with Gasteiger partial charge in [0.15, 0.2) is 11.5 Å². The largest absolute Gasteiger partial charge is 0.477 e. The molecule has 0 unspecified atom stereocenters. The van der Waals surface area contributed by atoms with E-state index in [0.717, 1.165) is 5.56 Å². The van der Waals surface area contributed by atoms with Crippen LogP contribution in [-0.2, 0) is 6.54 Å². The van der Waals surface area contributed by atoms with E-state index in [1.54, 1.807) is 6.07 Å². The molecule has 0 amide bonds. The van der Waals surface area contributed by atoms with Crippen molar-refractivity contribution in [1.29, 1.82) is 0 Å². The molecule has 2 rings (SSSR count). The minimum atomic E-state index is -1.05. The van der Waals surface area contributed by atoms with E-state index in [1.165, 1.54) is 6.07 Å². The van der Waals surface area contributed by atoms with Gasteiger partial charge in [0.1, 0.15) is 0 Å². The second kappa shape index (κ2) is 6.06. The first-order valence-electron chi connectivity index (χ1n) is 6.40. The highest BCUT2D eigenvalue weighted by atomic mass is 16.4. The lowest BCUT2D eigenvalue weighted by Crippen LogP contribution is -2.25. The third-order valence-electron chi connectivity index (χ3n) is 3.02. The maximum Gasteiger partial charge on any atom is 0.354 e. The molecule has 0 saturated carbocycles. The van der Waals surface area contributed by atoms with Crippen LogP contribution in [0.15, 0.2) is 42.5 Å². The van der Waals surface area contributed by atoms with Crippen molar-refractivity contribution in [3.05, 3.63) is 53.7 Å². The van der Waals surface area contributed by atoms with Gasteiger partial charge in [-0.05, 0) is 24.6 Å². The Morgan fingerprint density at radius 3 is 2.55 bits per heavy atom. The van der Waals surface area contributed by atoms with Crippen molar-refractivity contribution in [3.63, 3.8) is 0 Å². The molecule has 0 radical (unpaired) electrons. The standard InChI is InChI=1S/C15H17N3O2/c1-2-18(10-11-6-4-3-5-7-11)14-12(16)8-9-13(17-14)15(19)20/h3-9H,2,10,16H2,1H3,(H,19,20). The number of nitrogens with two attached hydrogens (primary N) is 1. The van der Waals surface area contributed by atoms with Gasteiger partial charge in [-0.2, -0.15) is 0 Å². The summed E-state index contributed by atoms with van der Waals surface area (Å²) in [4.78, 5) is 17.1. The fourth-order valence-corrected chi connectivity index (χ4v) is 1.97. The fourth-order valence-electron chi connectivity index (χ4n) is 1.97. The smallest absolute Gasteiger partial charge is 0.354 e. The zero-order valence-electron chi connectivity index (χ0n) is 11.3. The first-order valence-corrected chi connectivity index (χ1v) is 6.40. The van der Waals surface area contributed by atoms with Crippen molar-refractivity contribution in [2.75, 3.05) is 17.2 Å². The van der Waals surface area contributed by atoms with Gasteiger partial charge in [0.05, 0.1) is 5.69 Å². The number of aromatic nitrogens is 1. The Balaban J connectivity index is 2.31. The molecule has 0 atom stereocenters. The monoisotopic (exact) mass is 271 g/mol. The van der Waals surface area contributed by atoms with Crippen LogP contribution in [0.25, 0.3) is 0 Å². The van der Waals surface area contributed by atoms with Crippen LogP contribution in [0.5, 0.6) is 0 Å². The summed E-state index contributed by atoms with van der Waals surface area (Å²) >= 11 is 0. The van der Waals surface area contributed by atoms with E-state index < -0.39 is 5.97 Å². The molecule has 0 spiro atoms. The van der Waals surface area contributed by atoms with E-state index in [4.69, 9.17) is 10.8 Å². The Hall–Kier alpha value is -2.56. The van der Waals surface area contributed by atoms with Crippen LogP contribution >= 0.6 is 0 Å². The SMILES string of the molecule is CCN(Cc1ccccc1)c1nc(C(=O)O)ccc1N. The highest BCUT2D eigenvalue weighted by Gasteiger charge is 2.14. The molecule has 0 bridgehead atoms. The summed E-state index contributed by atoms with van der Waals surface area (Å²) in [5, 5.41) is 9.02. The summed E-state index contributed by atoms with van der Waals surface area (Å²) in [7, 11) is 0. The van der Waals surface area contributed by atoms with Gasteiger partial charge in [0.25, 0.3) is 0 Å². The number of hydrogen-bond acceptors (Lipinski definition) is 4. The van der Waals surface area contributed by atoms with Crippen LogP contribution in [0.1, 0.15) is 23.0 Å². The molecule has 0 fully saturated rings. The zero-order valence-corrected chi connectivity index (χ0v) is 11.3. The van der Waals surface area contributed by atoms with Gasteiger partial charge in [-0.1, -0.05) is 30.3 Å². The van der Waals surface area contributed by atoms with E-state index in [2.05, 4.69) is 4.98 Å². The van der Waals surface area contributed by atoms with E-state index >= 15 is 0 Å². The van der Waals surface area contributed by atoms with Gasteiger partial charge in [-0.15, -0.1) is 0 Å². The number of nitrogens with zero attached hydrogens (tertiary/aromatic N) is 2. The van der Waals surface area contributed by atoms with Gasteiger partial charge in [-0.3, -0.25) is 0 Å². The predicted molar refractivity (Wildman–Crippen MR) is 78.8 cm³/mol. The van der Waals surface area contributed by atoms with Gasteiger partial charge < -0.3 is 15.7 Å². The molecule has 5 nitrogen and oxygen atoms in total. The average molecular weight is 271 g/mol. The molecule has 1 aromatic carbocycles. The first-order chi connectivity index (χ1) is 9.61. The molecular formula is C15H17N3O2. The lowest BCUT2D eigenvalue weighted by molar-refractivity contribution is 0.0690. The van der Waals surface area contributed by atoms with Gasteiger partial charge in [0, 0.05) is 13.1 Å². The van der Waals surface area contributed by atoms with Crippen molar-refractivity contribution in [2.24, 2.45) is 0 Å². The predicted octanol–water partition coefficient (Wildman–Crippen LogP) is 2.39. The quantitative estimate of drug-likeness (QED) is 0.872. The number of carboxylic acids is 1. The number of anilines is 2. The molecule has 3 N–H and O–H groups in total. The summed E-state index contributed by atoms with van der Waals surface area (Å²) in [5.41, 5.74) is 7.52. The molecule has 1 heterocycles. The molecule has 5 heteroatoms. The lowest BCUT2D eigenvalue weighted by atomic mass is 10.2. The normalized spacial score (nSPS) is 10.2. The van der Waals surface area contributed by atoms with E-state index in [-0.39, 0.29) is 5.69 Å². The number of carboxylic acid groups (broad SMARTS) is 1. The topological polar surface area (TPSA) is 79.5 Å². The average Bonchev–Trinajstić information content (AvgIpc) is 2.46. The number of carbonyl (C=O) groups is 1. The summed E-state index contributed by atoms with van der Waals surface area (Å²) in [5.74, 6) is -0.543. The number of pyridine rings is 1. The summed E-state index contributed by atoms with van der Waals surface area (Å²) in [6.45, 7) is 3.31. The Morgan fingerprint density at radius 1 is 1.25 bits per heavy atom. The Labute approximate surface area is 117 Å². The number of hydrogen-bond donors (Lipinski definition) is 2. The first kappa shape index (κ1) is 13.9. The molecule has 20 heavy (non-hydrogen) atoms. The minimum Gasteiger partial charge on any atom is -0.477 e. The number of benzene rings is 1. The Bertz CT molecular complexity index is 599. The molecule has 0 saturated heterocycles. The van der Waals surface area contributed by atoms with Crippen LogP contribution in [0.4, 0.5) is 11.5 Å². The Morgan fingerprint density at radius 2 is 1.95 bits per heavy atom. The third kappa shape index (κ3) is 3.06. The second-order valence-corrected chi connectivity index (χ2v) is 4.41. The molecular weight excluding hydrogens is 254 g/mol. The van der Waals surface area contributed by atoms with Crippen molar-refractivity contribution in [3.8, 4) is 0 Å². The van der Waals surface area contributed by atoms with Crippen molar-refractivity contribution >= 4 is 17.5 Å². The van der Waals surface area contributed by atoms with Crippen LogP contribution in [0.2, 0.25) is 0 Å². The van der Waals surface area contributed by atoms with Crippen LogP contribution in [0, 0.1) is 0 Å². The fraction of sp³-hybridized carbons (Fsp3) is 0.200. The number of rotatable bonds is 5. The molecule has 0 aliphatic rings. The number of aromatic carboxylic acids is 1. The number of nitrogen functional groups attached to an aromatic ring is 1. The van der Waals surface area contributed by atoms with E-state index in [1.807, 2.05) is 42.2 Å². The van der Waals surface area contributed by atoms with Crippen molar-refractivity contribution < 1.29 is 9.90 Å². The summed E-state index contributed by atoms with van der Waals surface area (Å²) < 4.78 is 0. The molecule has 1 aromatic heterocycles. The van der Waals surface area contributed by atoms with E-state index in [0.29, 0.717) is 24.6 Å². The molecule has 0 aliphatic carbocycles. The van der Waals surface area contributed by atoms with Crippen LogP contribution < -0.4 is 10.6 Å². The highest BCUT2D eigenvalue weighted by Crippen LogP contribution is 2.22. The van der Waals surface area contributed by atoms with Gasteiger partial charge >= 0.3 is 5.97 Å². The van der Waals surface area contributed by atoms with Crippen molar-refractivity contribution in [1.82, 2.24) is 4.98 Å². The van der Waals surface area contributed by atoms with Crippen molar-refractivity contribution in [2.45, 2.75) is 13.5 Å². The van der Waals surface area contributed by atoms with Gasteiger partial charge in [0.2, 0.25) is 0 Å². The van der Waals surface area contributed by atoms with Crippen LogP contribution in [0.3, 0.4) is 0 Å². The minimum absolute atomic E-state index is 0.000659. The second-order valence-electron chi connectivity index (χ2n) is 4.41. The Kier molecular flexibility index (Phi) is 4.20. The summed E-state index contributed by atoms with van der Waals surface area (Å²) in [6.07, 6.45) is 0.